The summed E-state index contributed by atoms with van der Waals surface area (Å²) in [5, 5.41) is 3.20. The zero-order valence-electron chi connectivity index (χ0n) is 19.4. The van der Waals surface area contributed by atoms with Crippen LogP contribution in [0.4, 0.5) is 27.5 Å². The molecule has 5 rings (SSSR count). The molecule has 2 aliphatic heterocycles. The molecule has 0 saturated carbocycles. The maximum absolute atomic E-state index is 13.2. The lowest BCUT2D eigenvalue weighted by Crippen LogP contribution is -2.51. The Morgan fingerprint density at radius 3 is 2.51 bits per heavy atom. The van der Waals surface area contributed by atoms with Crippen molar-refractivity contribution >= 4 is 35.0 Å². The first-order valence-electron chi connectivity index (χ1n) is 11.6. The van der Waals surface area contributed by atoms with E-state index in [0.29, 0.717) is 55.9 Å². The summed E-state index contributed by atoms with van der Waals surface area (Å²) < 4.78 is 13.2. The SMILES string of the molecule is Cc1nc(Nc2ccccn2)cc(N2CCN(C(=O)C3CC(=O)N(c4ccc(F)cc4)C3)CC2)n1. The largest absolute Gasteiger partial charge is 0.353 e. The Morgan fingerprint density at radius 1 is 1.03 bits per heavy atom. The molecule has 1 atom stereocenters. The van der Waals surface area contributed by atoms with Gasteiger partial charge in [-0.15, -0.1) is 0 Å². The summed E-state index contributed by atoms with van der Waals surface area (Å²) in [5.74, 6) is 1.92. The highest BCUT2D eigenvalue weighted by Gasteiger charge is 2.38. The molecule has 1 aromatic carbocycles. The Balaban J connectivity index is 1.20. The molecule has 0 bridgehead atoms. The average Bonchev–Trinajstić information content (AvgIpc) is 3.26. The summed E-state index contributed by atoms with van der Waals surface area (Å²) in [6.07, 6.45) is 1.88. The van der Waals surface area contributed by atoms with Crippen LogP contribution >= 0.6 is 0 Å². The van der Waals surface area contributed by atoms with Crippen molar-refractivity contribution in [3.8, 4) is 0 Å². The summed E-state index contributed by atoms with van der Waals surface area (Å²) in [6, 6.07) is 13.3. The average molecular weight is 476 g/mol. The molecule has 0 aliphatic carbocycles. The molecule has 1 unspecified atom stereocenters. The second-order valence-electron chi connectivity index (χ2n) is 8.69. The molecular formula is C25H26FN7O2. The molecule has 0 spiro atoms. The monoisotopic (exact) mass is 475 g/mol. The number of rotatable bonds is 5. The van der Waals surface area contributed by atoms with Crippen molar-refractivity contribution in [2.24, 2.45) is 5.92 Å². The fraction of sp³-hybridized carbons (Fsp3) is 0.320. The highest BCUT2D eigenvalue weighted by molar-refractivity contribution is 6.00. The normalized spacial score (nSPS) is 18.2. The fourth-order valence-electron chi connectivity index (χ4n) is 4.50. The maximum atomic E-state index is 13.2. The van der Waals surface area contributed by atoms with Crippen LogP contribution in [0.3, 0.4) is 0 Å². The van der Waals surface area contributed by atoms with Gasteiger partial charge in [0.05, 0.1) is 5.92 Å². The van der Waals surface area contributed by atoms with Crippen LogP contribution in [0, 0.1) is 18.7 Å². The highest BCUT2D eigenvalue weighted by atomic mass is 19.1. The third-order valence-corrected chi connectivity index (χ3v) is 6.27. The van der Waals surface area contributed by atoms with Gasteiger partial charge in [0.1, 0.15) is 29.1 Å². The van der Waals surface area contributed by atoms with E-state index in [2.05, 4.69) is 25.2 Å². The van der Waals surface area contributed by atoms with Crippen molar-refractivity contribution < 1.29 is 14.0 Å². The number of benzene rings is 1. The van der Waals surface area contributed by atoms with Crippen molar-refractivity contribution in [2.75, 3.05) is 47.8 Å². The molecule has 2 amide bonds. The third kappa shape index (κ3) is 5.06. The van der Waals surface area contributed by atoms with E-state index in [-0.39, 0.29) is 24.1 Å². The lowest BCUT2D eigenvalue weighted by atomic mass is 10.1. The molecular weight excluding hydrogens is 449 g/mol. The molecule has 2 aliphatic rings. The van der Waals surface area contributed by atoms with Gasteiger partial charge in [-0.3, -0.25) is 9.59 Å². The van der Waals surface area contributed by atoms with Crippen LogP contribution in [0.15, 0.2) is 54.7 Å². The standard InChI is InChI=1S/C25H26FN7O2/c1-17-28-22(30-21-4-2-3-9-27-21)15-23(29-17)31-10-12-32(13-11-31)25(35)18-14-24(34)33(16-18)20-7-5-19(26)6-8-20/h2-9,15,18H,10-14,16H2,1H3,(H,27,28,29,30). The number of nitrogens with zero attached hydrogens (tertiary/aromatic N) is 6. The summed E-state index contributed by atoms with van der Waals surface area (Å²) in [7, 11) is 0. The van der Waals surface area contributed by atoms with E-state index in [1.54, 1.807) is 23.2 Å². The van der Waals surface area contributed by atoms with Gasteiger partial charge in [-0.25, -0.2) is 19.3 Å². The Labute approximate surface area is 202 Å². The van der Waals surface area contributed by atoms with E-state index >= 15 is 0 Å². The van der Waals surface area contributed by atoms with Gasteiger partial charge in [-0.1, -0.05) is 6.07 Å². The molecule has 2 fully saturated rings. The van der Waals surface area contributed by atoms with Crippen molar-refractivity contribution in [1.29, 1.82) is 0 Å². The van der Waals surface area contributed by atoms with Crippen molar-refractivity contribution in [2.45, 2.75) is 13.3 Å². The minimum atomic E-state index is -0.394. The quantitative estimate of drug-likeness (QED) is 0.606. The van der Waals surface area contributed by atoms with Gasteiger partial charge in [0.2, 0.25) is 11.8 Å². The van der Waals surface area contributed by atoms with Gasteiger partial charge in [0.15, 0.2) is 0 Å². The summed E-state index contributed by atoms with van der Waals surface area (Å²) in [4.78, 5) is 44.5. The van der Waals surface area contributed by atoms with E-state index in [1.165, 1.54) is 12.1 Å². The van der Waals surface area contributed by atoms with Crippen LogP contribution in [0.25, 0.3) is 0 Å². The summed E-state index contributed by atoms with van der Waals surface area (Å²) in [6.45, 7) is 4.52. The predicted octanol–water partition coefficient (Wildman–Crippen LogP) is 2.76. The number of carbonyl (C=O) groups is 2. The van der Waals surface area contributed by atoms with Crippen LogP contribution in [0.1, 0.15) is 12.2 Å². The molecule has 10 heteroatoms. The Kier molecular flexibility index (Phi) is 6.26. The van der Waals surface area contributed by atoms with Gasteiger partial charge in [0.25, 0.3) is 0 Å². The summed E-state index contributed by atoms with van der Waals surface area (Å²) >= 11 is 0. The maximum Gasteiger partial charge on any atom is 0.228 e. The van der Waals surface area contributed by atoms with Crippen molar-refractivity contribution in [3.63, 3.8) is 0 Å². The molecule has 9 nitrogen and oxygen atoms in total. The van der Waals surface area contributed by atoms with Crippen LogP contribution in [-0.2, 0) is 9.59 Å². The molecule has 3 aromatic rings. The molecule has 0 radical (unpaired) electrons. The number of amides is 2. The van der Waals surface area contributed by atoms with Crippen LogP contribution in [0.2, 0.25) is 0 Å². The lowest BCUT2D eigenvalue weighted by Gasteiger charge is -2.36. The molecule has 4 heterocycles. The molecule has 180 valence electrons. The first-order chi connectivity index (χ1) is 17.0. The van der Waals surface area contributed by atoms with E-state index in [9.17, 15) is 14.0 Å². The Bertz CT molecular complexity index is 1210. The Hall–Kier alpha value is -4.08. The third-order valence-electron chi connectivity index (χ3n) is 6.27. The van der Waals surface area contributed by atoms with E-state index in [1.807, 2.05) is 36.1 Å². The molecule has 1 N–H and O–H groups in total. The van der Waals surface area contributed by atoms with Gasteiger partial charge in [-0.05, 0) is 43.3 Å². The van der Waals surface area contributed by atoms with E-state index in [4.69, 9.17) is 0 Å². The number of nitrogens with one attached hydrogen (secondary N) is 1. The minimum Gasteiger partial charge on any atom is -0.353 e. The zero-order valence-corrected chi connectivity index (χ0v) is 19.4. The number of pyridine rings is 1. The lowest BCUT2D eigenvalue weighted by molar-refractivity contribution is -0.136. The number of halogens is 1. The van der Waals surface area contributed by atoms with Gasteiger partial charge < -0.3 is 20.0 Å². The van der Waals surface area contributed by atoms with Gasteiger partial charge in [-0.2, -0.15) is 0 Å². The van der Waals surface area contributed by atoms with Crippen molar-refractivity contribution in [1.82, 2.24) is 19.9 Å². The van der Waals surface area contributed by atoms with Gasteiger partial charge >= 0.3 is 0 Å². The number of carbonyl (C=O) groups excluding carboxylic acids is 2. The number of piperazine rings is 1. The van der Waals surface area contributed by atoms with Crippen LogP contribution in [0.5, 0.6) is 0 Å². The number of hydrogen-bond acceptors (Lipinski definition) is 7. The highest BCUT2D eigenvalue weighted by Crippen LogP contribution is 2.27. The second kappa shape index (κ2) is 9.65. The fourth-order valence-corrected chi connectivity index (χ4v) is 4.50. The Morgan fingerprint density at radius 2 is 1.80 bits per heavy atom. The molecule has 35 heavy (non-hydrogen) atoms. The number of anilines is 4. The second-order valence-corrected chi connectivity index (χ2v) is 8.69. The molecule has 2 saturated heterocycles. The number of hydrogen-bond donors (Lipinski definition) is 1. The van der Waals surface area contributed by atoms with Crippen LogP contribution in [-0.4, -0.2) is 64.4 Å². The smallest absolute Gasteiger partial charge is 0.228 e. The summed E-state index contributed by atoms with van der Waals surface area (Å²) in [5.41, 5.74) is 0.616. The molecule has 2 aromatic heterocycles. The minimum absolute atomic E-state index is 0.0148. The topological polar surface area (TPSA) is 94.6 Å². The first kappa shape index (κ1) is 22.7. The predicted molar refractivity (Wildman–Crippen MR) is 130 cm³/mol. The number of aromatic nitrogens is 3. The van der Waals surface area contributed by atoms with Gasteiger partial charge in [0, 0.05) is 57.1 Å². The van der Waals surface area contributed by atoms with E-state index in [0.717, 1.165) is 5.82 Å². The first-order valence-corrected chi connectivity index (χ1v) is 11.6. The zero-order chi connectivity index (χ0) is 24.4. The van der Waals surface area contributed by atoms with E-state index < -0.39 is 5.92 Å². The van der Waals surface area contributed by atoms with Crippen molar-refractivity contribution in [3.05, 3.63) is 66.4 Å². The van der Waals surface area contributed by atoms with Crippen LogP contribution < -0.4 is 15.1 Å². The number of aryl methyl sites for hydroxylation is 1.